The largest absolute Gasteiger partial charge is 1.00 e. The van der Waals surface area contributed by atoms with Crippen molar-refractivity contribution in [3.05, 3.63) is 71.1 Å². The fourth-order valence-electron chi connectivity index (χ4n) is 5.22. The molecule has 186 valence electrons. The summed E-state index contributed by atoms with van der Waals surface area (Å²) in [5.41, 5.74) is 1.42. The van der Waals surface area contributed by atoms with E-state index in [0.29, 0.717) is 5.02 Å². The van der Waals surface area contributed by atoms with Crippen LogP contribution < -0.4 is 27.0 Å². The van der Waals surface area contributed by atoms with Crippen LogP contribution in [0.5, 0.6) is 5.75 Å². The molecular weight excluding hydrogens is 548 g/mol. The van der Waals surface area contributed by atoms with Crippen LogP contribution in [0.1, 0.15) is 25.7 Å². The van der Waals surface area contributed by atoms with Crippen molar-refractivity contribution in [3.8, 4) is 16.2 Å². The minimum Gasteiger partial charge on any atom is -1.00 e. The van der Waals surface area contributed by atoms with Gasteiger partial charge in [0.2, 0.25) is 0 Å². The lowest BCUT2D eigenvalue weighted by Crippen LogP contribution is -3.00. The standard InChI is InChI=1S/C27H29ClN2O3S.BrH/c28-22-7-4-6-21(20-22)25-24(10-19-34-25)29-26(31)33-27-11-15-30(16-12-27,17-13-27)14-5-18-32-23-8-2-1-3-9-23;/h1-4,6-10,19-20H,5,11-18H2;1H. The van der Waals surface area contributed by atoms with Crippen LogP contribution in [0.2, 0.25) is 5.02 Å². The molecule has 3 aliphatic heterocycles. The van der Waals surface area contributed by atoms with Gasteiger partial charge >= 0.3 is 6.09 Å². The number of hydrogen-bond acceptors (Lipinski definition) is 4. The van der Waals surface area contributed by atoms with Crippen LogP contribution in [-0.4, -0.2) is 49.0 Å². The summed E-state index contributed by atoms with van der Waals surface area (Å²) in [5.74, 6) is 0.933. The van der Waals surface area contributed by atoms with Crippen molar-refractivity contribution >= 4 is 34.7 Å². The molecule has 4 heterocycles. The first-order valence-corrected chi connectivity index (χ1v) is 13.2. The van der Waals surface area contributed by atoms with Crippen molar-refractivity contribution in [3.63, 3.8) is 0 Å². The second-order valence-electron chi connectivity index (χ2n) is 9.37. The number of halogens is 2. The van der Waals surface area contributed by atoms with E-state index in [1.807, 2.05) is 66.0 Å². The molecule has 3 fully saturated rings. The van der Waals surface area contributed by atoms with E-state index in [0.717, 1.165) is 84.8 Å². The second kappa shape index (κ2) is 11.3. The molecule has 2 aromatic carbocycles. The SMILES string of the molecule is O=C(Nc1ccsc1-c1cccc(Cl)c1)OC12CC[N+](CCCOc3ccccc3)(CC1)CC2.[Br-]. The Hall–Kier alpha value is -2.06. The monoisotopic (exact) mass is 576 g/mol. The van der Waals surface area contributed by atoms with E-state index < -0.39 is 0 Å². The average Bonchev–Trinajstić information content (AvgIpc) is 3.32. The molecule has 3 saturated heterocycles. The molecule has 3 aliphatic rings. The molecule has 5 nitrogen and oxygen atoms in total. The molecule has 0 aliphatic carbocycles. The fraction of sp³-hybridized carbons (Fsp3) is 0.370. The number of amides is 1. The van der Waals surface area contributed by atoms with Gasteiger partial charge in [-0.25, -0.2) is 4.79 Å². The minimum atomic E-state index is -0.361. The summed E-state index contributed by atoms with van der Waals surface area (Å²) in [6, 6.07) is 19.6. The number of fused-ring (bicyclic) bond motifs is 3. The zero-order chi connectivity index (χ0) is 23.4. The first-order chi connectivity index (χ1) is 16.5. The number of carbonyl (C=O) groups is 1. The van der Waals surface area contributed by atoms with Gasteiger partial charge in [-0.05, 0) is 41.3 Å². The van der Waals surface area contributed by atoms with Gasteiger partial charge in [-0.1, -0.05) is 41.9 Å². The van der Waals surface area contributed by atoms with Crippen molar-refractivity contribution in [1.29, 1.82) is 0 Å². The fourth-order valence-corrected chi connectivity index (χ4v) is 6.26. The molecule has 35 heavy (non-hydrogen) atoms. The van der Waals surface area contributed by atoms with E-state index in [4.69, 9.17) is 21.1 Å². The highest BCUT2D eigenvalue weighted by molar-refractivity contribution is 7.14. The summed E-state index contributed by atoms with van der Waals surface area (Å²) in [7, 11) is 0. The predicted molar refractivity (Wildman–Crippen MR) is 138 cm³/mol. The minimum absolute atomic E-state index is 0. The van der Waals surface area contributed by atoms with Crippen molar-refractivity contribution < 1.29 is 35.7 Å². The number of nitrogens with one attached hydrogen (secondary N) is 1. The number of piperidine rings is 3. The summed E-state index contributed by atoms with van der Waals surface area (Å²) in [5, 5.41) is 5.63. The number of ether oxygens (including phenoxy) is 2. The molecule has 8 heteroatoms. The number of quaternary nitrogens is 1. The van der Waals surface area contributed by atoms with Gasteiger partial charge in [-0.15, -0.1) is 11.3 Å². The van der Waals surface area contributed by atoms with Crippen LogP contribution >= 0.6 is 22.9 Å². The van der Waals surface area contributed by atoms with Crippen LogP contribution in [0.15, 0.2) is 66.0 Å². The maximum atomic E-state index is 12.9. The average molecular weight is 578 g/mol. The Bertz CT molecular complexity index is 1120. The highest BCUT2D eigenvalue weighted by Gasteiger charge is 2.51. The number of para-hydroxylation sites is 1. The lowest BCUT2D eigenvalue weighted by atomic mass is 9.81. The van der Waals surface area contributed by atoms with Gasteiger partial charge in [-0.2, -0.15) is 0 Å². The van der Waals surface area contributed by atoms with E-state index in [1.165, 1.54) is 0 Å². The maximum Gasteiger partial charge on any atom is 0.412 e. The van der Waals surface area contributed by atoms with Crippen LogP contribution in [-0.2, 0) is 4.74 Å². The number of rotatable bonds is 8. The zero-order valence-corrected chi connectivity index (χ0v) is 22.7. The molecule has 0 atom stereocenters. The molecule has 0 spiro atoms. The quantitative estimate of drug-likeness (QED) is 0.327. The topological polar surface area (TPSA) is 47.6 Å². The zero-order valence-electron chi connectivity index (χ0n) is 19.6. The number of benzene rings is 2. The van der Waals surface area contributed by atoms with Gasteiger partial charge in [0.25, 0.3) is 0 Å². The highest BCUT2D eigenvalue weighted by atomic mass is 79.9. The smallest absolute Gasteiger partial charge is 0.412 e. The van der Waals surface area contributed by atoms with Crippen LogP contribution in [0.4, 0.5) is 10.5 Å². The molecule has 1 amide bonds. The van der Waals surface area contributed by atoms with E-state index in [-0.39, 0.29) is 28.7 Å². The summed E-state index contributed by atoms with van der Waals surface area (Å²) in [4.78, 5) is 13.8. The van der Waals surface area contributed by atoms with Gasteiger partial charge in [0.1, 0.15) is 11.4 Å². The van der Waals surface area contributed by atoms with Gasteiger partial charge in [0.15, 0.2) is 0 Å². The van der Waals surface area contributed by atoms with Crippen molar-refractivity contribution in [2.75, 3.05) is 38.1 Å². The predicted octanol–water partition coefficient (Wildman–Crippen LogP) is 3.84. The summed E-state index contributed by atoms with van der Waals surface area (Å²) in [6.45, 7) is 5.04. The Kier molecular flexibility index (Phi) is 8.42. The molecule has 3 aromatic rings. The Labute approximate surface area is 226 Å². The van der Waals surface area contributed by atoms with E-state index in [9.17, 15) is 4.79 Å². The second-order valence-corrected chi connectivity index (χ2v) is 10.7. The Morgan fingerprint density at radius 2 is 1.77 bits per heavy atom. The van der Waals surface area contributed by atoms with E-state index in [1.54, 1.807) is 11.3 Å². The van der Waals surface area contributed by atoms with E-state index in [2.05, 4.69) is 5.32 Å². The van der Waals surface area contributed by atoms with Gasteiger partial charge in [0, 0.05) is 30.7 Å². The number of carbonyl (C=O) groups excluding carboxylic acids is 1. The molecule has 1 aromatic heterocycles. The number of anilines is 1. The molecule has 1 N–H and O–H groups in total. The Morgan fingerprint density at radius 1 is 1.03 bits per heavy atom. The summed E-state index contributed by atoms with van der Waals surface area (Å²) >= 11 is 7.73. The van der Waals surface area contributed by atoms with Crippen molar-refractivity contribution in [2.45, 2.75) is 31.3 Å². The lowest BCUT2D eigenvalue weighted by molar-refractivity contribution is -0.944. The molecule has 6 rings (SSSR count). The number of hydrogen-bond donors (Lipinski definition) is 1. The summed E-state index contributed by atoms with van der Waals surface area (Å²) in [6.07, 6.45) is 3.44. The normalized spacial score (nSPS) is 22.8. The van der Waals surface area contributed by atoms with Crippen molar-refractivity contribution in [1.82, 2.24) is 0 Å². The first kappa shape index (κ1) is 26.0. The summed E-state index contributed by atoms with van der Waals surface area (Å²) < 4.78 is 13.1. The molecular formula is C27H30BrClN2O3S. The first-order valence-electron chi connectivity index (χ1n) is 11.9. The molecule has 0 radical (unpaired) electrons. The Morgan fingerprint density at radius 3 is 2.49 bits per heavy atom. The number of nitrogens with zero attached hydrogens (tertiary/aromatic N) is 1. The van der Waals surface area contributed by atoms with Crippen LogP contribution in [0.3, 0.4) is 0 Å². The van der Waals surface area contributed by atoms with Gasteiger partial charge in [-0.3, -0.25) is 5.32 Å². The highest BCUT2D eigenvalue weighted by Crippen LogP contribution is 2.41. The third-order valence-corrected chi connectivity index (χ3v) is 8.41. The number of thiophene rings is 1. The Balaban J connectivity index is 0.00000289. The molecule has 0 unspecified atom stereocenters. The molecule has 0 saturated carbocycles. The third-order valence-electron chi connectivity index (χ3n) is 7.21. The van der Waals surface area contributed by atoms with E-state index >= 15 is 0 Å². The molecule has 2 bridgehead atoms. The van der Waals surface area contributed by atoms with Gasteiger partial charge < -0.3 is 30.9 Å². The lowest BCUT2D eigenvalue weighted by Gasteiger charge is -2.53. The maximum absolute atomic E-state index is 12.9. The third kappa shape index (κ3) is 6.20. The van der Waals surface area contributed by atoms with Crippen LogP contribution in [0, 0.1) is 0 Å². The van der Waals surface area contributed by atoms with Crippen molar-refractivity contribution in [2.24, 2.45) is 0 Å². The van der Waals surface area contributed by atoms with Gasteiger partial charge in [0.05, 0.1) is 43.4 Å². The van der Waals surface area contributed by atoms with Crippen LogP contribution in [0.25, 0.3) is 10.4 Å².